The fraction of sp³-hybridized carbons (Fsp3) is 0.348. The lowest BCUT2D eigenvalue weighted by Crippen LogP contribution is -2.56. The van der Waals surface area contributed by atoms with Crippen LogP contribution in [0.5, 0.6) is 5.75 Å². The van der Waals surface area contributed by atoms with E-state index in [4.69, 9.17) is 14.2 Å². The minimum absolute atomic E-state index is 0.00144. The van der Waals surface area contributed by atoms with Gasteiger partial charge in [-0.25, -0.2) is 9.59 Å². The summed E-state index contributed by atoms with van der Waals surface area (Å²) in [4.78, 5) is 37.1. The molecule has 9 nitrogen and oxygen atoms in total. The molecule has 0 aliphatic rings. The van der Waals surface area contributed by atoms with Crippen LogP contribution in [-0.4, -0.2) is 55.5 Å². The molecule has 0 saturated heterocycles. The SMILES string of the molecule is COC(=O)[C@H](Cc1cccc(OC)c1)NC(=O)[C@@H](NC(=O)OCc1ccccc1)[C@@H](C)O. The van der Waals surface area contributed by atoms with Crippen LogP contribution in [-0.2, 0) is 32.1 Å². The maximum atomic E-state index is 12.8. The molecule has 0 unspecified atom stereocenters. The second-order valence-corrected chi connectivity index (χ2v) is 7.06. The van der Waals surface area contributed by atoms with Crippen LogP contribution in [0.1, 0.15) is 18.1 Å². The third-order valence-corrected chi connectivity index (χ3v) is 4.63. The van der Waals surface area contributed by atoms with E-state index in [0.29, 0.717) is 5.75 Å². The highest BCUT2D eigenvalue weighted by Crippen LogP contribution is 2.14. The number of amides is 2. The summed E-state index contributed by atoms with van der Waals surface area (Å²) in [5.74, 6) is -0.825. The van der Waals surface area contributed by atoms with Crippen molar-refractivity contribution in [2.75, 3.05) is 14.2 Å². The van der Waals surface area contributed by atoms with Crippen molar-refractivity contribution in [3.05, 3.63) is 65.7 Å². The molecule has 0 aliphatic heterocycles. The van der Waals surface area contributed by atoms with Gasteiger partial charge in [-0.3, -0.25) is 4.79 Å². The summed E-state index contributed by atoms with van der Waals surface area (Å²) < 4.78 is 15.1. The Morgan fingerprint density at radius 3 is 2.28 bits per heavy atom. The summed E-state index contributed by atoms with van der Waals surface area (Å²) in [5, 5.41) is 14.9. The van der Waals surface area contributed by atoms with Crippen LogP contribution < -0.4 is 15.4 Å². The van der Waals surface area contributed by atoms with Crippen molar-refractivity contribution in [1.82, 2.24) is 10.6 Å². The molecule has 3 atom stereocenters. The largest absolute Gasteiger partial charge is 0.497 e. The normalized spacial score (nSPS) is 13.2. The number of carbonyl (C=O) groups excluding carboxylic acids is 3. The standard InChI is InChI=1S/C23H28N2O7/c1-15(26)20(25-23(29)32-14-16-8-5-4-6-9-16)21(27)24-19(22(28)31-3)13-17-10-7-11-18(12-17)30-2/h4-12,15,19-20,26H,13-14H2,1-3H3,(H,24,27)(H,25,29)/t15-,19+,20+/m1/s1. The van der Waals surface area contributed by atoms with Gasteiger partial charge < -0.3 is 30.0 Å². The van der Waals surface area contributed by atoms with Crippen molar-refractivity contribution in [1.29, 1.82) is 0 Å². The molecule has 9 heteroatoms. The molecule has 3 N–H and O–H groups in total. The van der Waals surface area contributed by atoms with Crippen LogP contribution in [0.3, 0.4) is 0 Å². The Balaban J connectivity index is 2.03. The predicted octanol–water partition coefficient (Wildman–Crippen LogP) is 1.57. The van der Waals surface area contributed by atoms with E-state index >= 15 is 0 Å². The quantitative estimate of drug-likeness (QED) is 0.475. The highest BCUT2D eigenvalue weighted by molar-refractivity contribution is 5.90. The number of esters is 1. The number of rotatable bonds is 10. The van der Waals surface area contributed by atoms with Crippen molar-refractivity contribution in [3.8, 4) is 5.75 Å². The summed E-state index contributed by atoms with van der Waals surface area (Å²) >= 11 is 0. The van der Waals surface area contributed by atoms with Gasteiger partial charge in [0.15, 0.2) is 0 Å². The van der Waals surface area contributed by atoms with Gasteiger partial charge in [-0.2, -0.15) is 0 Å². The average Bonchev–Trinajstić information content (AvgIpc) is 2.80. The van der Waals surface area contributed by atoms with Gasteiger partial charge in [-0.1, -0.05) is 42.5 Å². The number of hydrogen-bond acceptors (Lipinski definition) is 7. The molecule has 0 saturated carbocycles. The van der Waals surface area contributed by atoms with Crippen molar-refractivity contribution >= 4 is 18.0 Å². The molecule has 0 bridgehead atoms. The molecule has 172 valence electrons. The number of hydrogen-bond donors (Lipinski definition) is 3. The van der Waals surface area contributed by atoms with Crippen LogP contribution in [0.4, 0.5) is 4.79 Å². The highest BCUT2D eigenvalue weighted by Gasteiger charge is 2.30. The monoisotopic (exact) mass is 444 g/mol. The molecular weight excluding hydrogens is 416 g/mol. The number of aliphatic hydroxyl groups is 1. The number of benzene rings is 2. The maximum absolute atomic E-state index is 12.8. The van der Waals surface area contributed by atoms with Gasteiger partial charge in [0.05, 0.1) is 20.3 Å². The molecule has 2 amide bonds. The van der Waals surface area contributed by atoms with Gasteiger partial charge in [-0.15, -0.1) is 0 Å². The second-order valence-electron chi connectivity index (χ2n) is 7.06. The Morgan fingerprint density at radius 1 is 0.969 bits per heavy atom. The van der Waals surface area contributed by atoms with Gasteiger partial charge >= 0.3 is 12.1 Å². The van der Waals surface area contributed by atoms with E-state index in [1.54, 1.807) is 48.5 Å². The molecule has 2 rings (SSSR count). The van der Waals surface area contributed by atoms with Crippen molar-refractivity contribution in [2.45, 2.75) is 38.1 Å². The Hall–Kier alpha value is -3.59. The highest BCUT2D eigenvalue weighted by atomic mass is 16.5. The van der Waals surface area contributed by atoms with E-state index in [1.807, 2.05) is 6.07 Å². The van der Waals surface area contributed by atoms with Crippen LogP contribution >= 0.6 is 0 Å². The molecule has 0 fully saturated rings. The van der Waals surface area contributed by atoms with Gasteiger partial charge in [0, 0.05) is 6.42 Å². The number of methoxy groups -OCH3 is 2. The molecule has 0 radical (unpaired) electrons. The van der Waals surface area contributed by atoms with Crippen molar-refractivity contribution in [2.24, 2.45) is 0 Å². The van der Waals surface area contributed by atoms with Crippen LogP contribution in [0.15, 0.2) is 54.6 Å². The lowest BCUT2D eigenvalue weighted by atomic mass is 10.0. The summed E-state index contributed by atoms with van der Waals surface area (Å²) in [5.41, 5.74) is 1.49. The zero-order chi connectivity index (χ0) is 23.5. The van der Waals surface area contributed by atoms with E-state index < -0.39 is 36.2 Å². The first kappa shape index (κ1) is 24.7. The molecule has 0 spiro atoms. The topological polar surface area (TPSA) is 123 Å². The number of aliphatic hydroxyl groups excluding tert-OH is 1. The fourth-order valence-corrected chi connectivity index (χ4v) is 2.93. The van der Waals surface area contributed by atoms with Crippen molar-refractivity contribution in [3.63, 3.8) is 0 Å². The minimum atomic E-state index is -1.34. The third-order valence-electron chi connectivity index (χ3n) is 4.63. The van der Waals surface area contributed by atoms with Gasteiger partial charge in [0.2, 0.25) is 5.91 Å². The Labute approximate surface area is 186 Å². The second kappa shape index (κ2) is 12.3. The van der Waals surface area contributed by atoms with E-state index in [0.717, 1.165) is 11.1 Å². The number of carbonyl (C=O) groups is 3. The summed E-state index contributed by atoms with van der Waals surface area (Å²) in [6, 6.07) is 13.6. The van der Waals surface area contributed by atoms with E-state index in [9.17, 15) is 19.5 Å². The summed E-state index contributed by atoms with van der Waals surface area (Å²) in [7, 11) is 2.73. The molecule has 0 heterocycles. The lowest BCUT2D eigenvalue weighted by Gasteiger charge is -2.24. The average molecular weight is 444 g/mol. The van der Waals surface area contributed by atoms with E-state index in [-0.39, 0.29) is 13.0 Å². The Morgan fingerprint density at radius 2 is 1.66 bits per heavy atom. The van der Waals surface area contributed by atoms with E-state index in [1.165, 1.54) is 21.1 Å². The van der Waals surface area contributed by atoms with Crippen LogP contribution in [0.2, 0.25) is 0 Å². The Bertz CT molecular complexity index is 902. The molecule has 2 aromatic carbocycles. The summed E-state index contributed by atoms with van der Waals surface area (Å²) in [6.45, 7) is 1.35. The van der Waals surface area contributed by atoms with Gasteiger partial charge in [0.25, 0.3) is 0 Å². The van der Waals surface area contributed by atoms with Crippen LogP contribution in [0.25, 0.3) is 0 Å². The predicted molar refractivity (Wildman–Crippen MR) is 116 cm³/mol. The molecule has 0 aliphatic carbocycles. The molecular formula is C23H28N2O7. The zero-order valence-electron chi connectivity index (χ0n) is 18.2. The maximum Gasteiger partial charge on any atom is 0.408 e. The van der Waals surface area contributed by atoms with E-state index in [2.05, 4.69) is 10.6 Å². The first-order chi connectivity index (χ1) is 15.3. The third kappa shape index (κ3) is 7.59. The zero-order valence-corrected chi connectivity index (χ0v) is 18.2. The smallest absolute Gasteiger partial charge is 0.408 e. The summed E-state index contributed by atoms with van der Waals surface area (Å²) in [6.07, 6.45) is -1.99. The van der Waals surface area contributed by atoms with Gasteiger partial charge in [-0.05, 0) is 30.2 Å². The molecule has 32 heavy (non-hydrogen) atoms. The van der Waals surface area contributed by atoms with Crippen molar-refractivity contribution < 1.29 is 33.7 Å². The minimum Gasteiger partial charge on any atom is -0.497 e. The number of alkyl carbamates (subject to hydrolysis) is 1. The van der Waals surface area contributed by atoms with Gasteiger partial charge in [0.1, 0.15) is 24.4 Å². The number of ether oxygens (including phenoxy) is 3. The first-order valence-electron chi connectivity index (χ1n) is 10.0. The lowest BCUT2D eigenvalue weighted by molar-refractivity contribution is -0.145. The molecule has 0 aromatic heterocycles. The fourth-order valence-electron chi connectivity index (χ4n) is 2.93. The molecule has 2 aromatic rings. The first-order valence-corrected chi connectivity index (χ1v) is 10.0. The number of nitrogens with one attached hydrogen (secondary N) is 2. The van der Waals surface area contributed by atoms with Crippen LogP contribution in [0, 0.1) is 0 Å². The Kier molecular flexibility index (Phi) is 9.49.